The van der Waals surface area contributed by atoms with Crippen molar-refractivity contribution in [3.05, 3.63) is 28.0 Å². The zero-order valence-corrected chi connectivity index (χ0v) is 13.4. The van der Waals surface area contributed by atoms with E-state index in [4.69, 9.17) is 18.0 Å². The number of benzene rings is 1. The molecule has 0 spiro atoms. The van der Waals surface area contributed by atoms with Crippen LogP contribution in [0.1, 0.15) is 33.3 Å². The lowest BCUT2D eigenvalue weighted by Crippen LogP contribution is -2.31. The molecule has 5 heteroatoms. The smallest absolute Gasteiger partial charge is 0.161 e. The fraction of sp³-hybridized carbons (Fsp3) is 0.462. The van der Waals surface area contributed by atoms with Gasteiger partial charge in [-0.1, -0.05) is 33.0 Å². The van der Waals surface area contributed by atoms with Crippen LogP contribution in [0.2, 0.25) is 0 Å². The lowest BCUT2D eigenvalue weighted by atomic mass is 9.88. The molecule has 3 N–H and O–H groups in total. The van der Waals surface area contributed by atoms with Gasteiger partial charge in [-0.15, -0.1) is 0 Å². The largest absolute Gasteiger partial charge is 0.389 e. The molecule has 0 radical (unpaired) electrons. The third-order valence-electron chi connectivity index (χ3n) is 3.02. The zero-order valence-electron chi connectivity index (χ0n) is 11.0. The Kier molecular flexibility index (Phi) is 4.72. The molecule has 0 fully saturated rings. The highest BCUT2D eigenvalue weighted by Gasteiger charge is 2.22. The van der Waals surface area contributed by atoms with Crippen molar-refractivity contribution in [3.8, 4) is 0 Å². The predicted octanol–water partition coefficient (Wildman–Crippen LogP) is 4.07. The van der Waals surface area contributed by atoms with E-state index in [1.807, 2.05) is 6.92 Å². The van der Waals surface area contributed by atoms with E-state index >= 15 is 0 Å². The summed E-state index contributed by atoms with van der Waals surface area (Å²) >= 11 is 8.05. The van der Waals surface area contributed by atoms with Gasteiger partial charge in [0.05, 0.1) is 10.2 Å². The number of hydrogen-bond donors (Lipinski definition) is 2. The molecule has 1 unspecified atom stereocenters. The van der Waals surface area contributed by atoms with Crippen molar-refractivity contribution in [2.24, 2.45) is 11.1 Å². The Balaban J connectivity index is 3.07. The van der Waals surface area contributed by atoms with Crippen molar-refractivity contribution in [1.29, 1.82) is 0 Å². The van der Waals surface area contributed by atoms with E-state index in [0.29, 0.717) is 15.7 Å². The van der Waals surface area contributed by atoms with Gasteiger partial charge in [0, 0.05) is 11.6 Å². The zero-order chi connectivity index (χ0) is 14.1. The summed E-state index contributed by atoms with van der Waals surface area (Å²) in [7, 11) is 0. The number of halogens is 2. The predicted molar refractivity (Wildman–Crippen MR) is 82.5 cm³/mol. The van der Waals surface area contributed by atoms with Crippen LogP contribution in [0.3, 0.4) is 0 Å². The van der Waals surface area contributed by atoms with E-state index in [0.717, 1.165) is 0 Å². The summed E-state index contributed by atoms with van der Waals surface area (Å²) in [6.45, 7) is 8.32. The highest BCUT2D eigenvalue weighted by atomic mass is 79.9. The van der Waals surface area contributed by atoms with Gasteiger partial charge >= 0.3 is 0 Å². The normalized spacial score (nSPS) is 13.2. The summed E-state index contributed by atoms with van der Waals surface area (Å²) in [5.74, 6) is -0.364. The summed E-state index contributed by atoms with van der Waals surface area (Å²) in [4.78, 5) is 0.177. The first-order valence-corrected chi connectivity index (χ1v) is 6.89. The van der Waals surface area contributed by atoms with E-state index in [1.54, 1.807) is 12.1 Å². The number of nitrogens with two attached hydrogens (primary N) is 1. The SMILES string of the molecule is CC(Nc1ccc(C(N)=S)c(Br)c1F)C(C)(C)C. The van der Waals surface area contributed by atoms with Crippen LogP contribution in [0.15, 0.2) is 16.6 Å². The lowest BCUT2D eigenvalue weighted by molar-refractivity contribution is 0.358. The van der Waals surface area contributed by atoms with Crippen LogP contribution < -0.4 is 11.1 Å². The molecule has 1 aromatic rings. The Morgan fingerprint density at radius 3 is 2.44 bits per heavy atom. The quantitative estimate of drug-likeness (QED) is 0.819. The van der Waals surface area contributed by atoms with Crippen LogP contribution in [-0.4, -0.2) is 11.0 Å². The van der Waals surface area contributed by atoms with Crippen LogP contribution in [0, 0.1) is 11.2 Å². The standard InChI is InChI=1S/C13H18BrFN2S/c1-7(13(2,3)4)17-9-6-5-8(12(16)18)10(14)11(9)15/h5-7,17H,1-4H3,(H2,16,18). The van der Waals surface area contributed by atoms with Gasteiger partial charge in [-0.05, 0) is 40.4 Å². The molecule has 0 saturated heterocycles. The van der Waals surface area contributed by atoms with Gasteiger partial charge < -0.3 is 11.1 Å². The number of rotatable bonds is 3. The van der Waals surface area contributed by atoms with Gasteiger partial charge in [0.2, 0.25) is 0 Å². The molecule has 0 aliphatic heterocycles. The minimum atomic E-state index is -0.364. The summed E-state index contributed by atoms with van der Waals surface area (Å²) in [5, 5.41) is 3.17. The lowest BCUT2D eigenvalue weighted by Gasteiger charge is -2.29. The van der Waals surface area contributed by atoms with E-state index in [1.165, 1.54) is 0 Å². The van der Waals surface area contributed by atoms with Crippen LogP contribution >= 0.6 is 28.1 Å². The molecule has 1 rings (SSSR count). The maximum absolute atomic E-state index is 14.1. The number of nitrogens with one attached hydrogen (secondary N) is 1. The van der Waals surface area contributed by atoms with Gasteiger partial charge in [-0.25, -0.2) is 4.39 Å². The Hall–Kier alpha value is -0.680. The number of hydrogen-bond acceptors (Lipinski definition) is 2. The molecule has 1 aromatic carbocycles. The average molecular weight is 333 g/mol. The Labute approximate surface area is 121 Å². The molecule has 18 heavy (non-hydrogen) atoms. The van der Waals surface area contributed by atoms with E-state index in [2.05, 4.69) is 42.0 Å². The molecule has 2 nitrogen and oxygen atoms in total. The minimum Gasteiger partial charge on any atom is -0.389 e. The molecular formula is C13H18BrFN2S. The van der Waals surface area contributed by atoms with Gasteiger partial charge in [-0.2, -0.15) is 0 Å². The van der Waals surface area contributed by atoms with Crippen molar-refractivity contribution < 1.29 is 4.39 Å². The summed E-state index contributed by atoms with van der Waals surface area (Å²) in [6, 6.07) is 3.51. The second-order valence-electron chi connectivity index (χ2n) is 5.38. The van der Waals surface area contributed by atoms with Gasteiger partial charge in [0.1, 0.15) is 4.99 Å². The summed E-state index contributed by atoms with van der Waals surface area (Å²) in [5.41, 5.74) is 6.52. The Morgan fingerprint density at radius 1 is 1.44 bits per heavy atom. The highest BCUT2D eigenvalue weighted by Crippen LogP contribution is 2.30. The molecule has 0 heterocycles. The average Bonchev–Trinajstić information content (AvgIpc) is 2.22. The van der Waals surface area contributed by atoms with Gasteiger partial charge in [0.25, 0.3) is 0 Å². The second-order valence-corrected chi connectivity index (χ2v) is 6.62. The summed E-state index contributed by atoms with van der Waals surface area (Å²) in [6.07, 6.45) is 0. The monoisotopic (exact) mass is 332 g/mol. The molecule has 1 atom stereocenters. The minimum absolute atomic E-state index is 0.0424. The Bertz CT molecular complexity index is 469. The van der Waals surface area contributed by atoms with E-state index < -0.39 is 0 Å². The third-order valence-corrected chi connectivity index (χ3v) is 4.01. The van der Waals surface area contributed by atoms with Gasteiger partial charge in [0.15, 0.2) is 5.82 Å². The van der Waals surface area contributed by atoms with Crippen molar-refractivity contribution in [1.82, 2.24) is 0 Å². The topological polar surface area (TPSA) is 38.0 Å². The van der Waals surface area contributed by atoms with Crippen LogP contribution in [0.5, 0.6) is 0 Å². The number of thiocarbonyl (C=S) groups is 1. The molecule has 100 valence electrons. The second kappa shape index (κ2) is 5.53. The molecule has 0 saturated carbocycles. The Morgan fingerprint density at radius 2 is 2.00 bits per heavy atom. The molecule has 0 aliphatic carbocycles. The molecule has 0 amide bonds. The first-order chi connectivity index (χ1) is 8.14. The fourth-order valence-electron chi connectivity index (χ4n) is 1.30. The summed E-state index contributed by atoms with van der Waals surface area (Å²) < 4.78 is 14.5. The molecule has 0 bridgehead atoms. The molecular weight excluding hydrogens is 315 g/mol. The first-order valence-electron chi connectivity index (χ1n) is 5.69. The maximum atomic E-state index is 14.1. The molecule has 0 aliphatic rings. The van der Waals surface area contributed by atoms with Crippen molar-refractivity contribution in [3.63, 3.8) is 0 Å². The first kappa shape index (κ1) is 15.4. The van der Waals surface area contributed by atoms with E-state index in [9.17, 15) is 4.39 Å². The third kappa shape index (κ3) is 3.42. The van der Waals surface area contributed by atoms with Crippen LogP contribution in [-0.2, 0) is 0 Å². The van der Waals surface area contributed by atoms with Crippen LogP contribution in [0.4, 0.5) is 10.1 Å². The van der Waals surface area contributed by atoms with Gasteiger partial charge in [-0.3, -0.25) is 0 Å². The van der Waals surface area contributed by atoms with Crippen molar-refractivity contribution >= 4 is 38.8 Å². The molecule has 0 aromatic heterocycles. The van der Waals surface area contributed by atoms with Crippen molar-refractivity contribution in [2.45, 2.75) is 33.7 Å². The van der Waals surface area contributed by atoms with Crippen LogP contribution in [0.25, 0.3) is 0 Å². The highest BCUT2D eigenvalue weighted by molar-refractivity contribution is 9.10. The van der Waals surface area contributed by atoms with E-state index in [-0.39, 0.29) is 22.3 Å². The fourth-order valence-corrected chi connectivity index (χ4v) is 2.16. The number of anilines is 1. The maximum Gasteiger partial charge on any atom is 0.161 e. The van der Waals surface area contributed by atoms with Crippen molar-refractivity contribution in [2.75, 3.05) is 5.32 Å².